The highest BCUT2D eigenvalue weighted by Crippen LogP contribution is 2.38. The summed E-state index contributed by atoms with van der Waals surface area (Å²) in [6.45, 7) is 8.79. The molecule has 5 heteroatoms. The molecule has 1 aliphatic rings. The van der Waals surface area contributed by atoms with Gasteiger partial charge in [-0.15, -0.1) is 5.92 Å². The molecule has 1 aliphatic heterocycles. The molecule has 0 saturated carbocycles. The number of nitrogens with zero attached hydrogens (tertiary/aromatic N) is 1. The van der Waals surface area contributed by atoms with Crippen LogP contribution in [0.5, 0.6) is 0 Å². The maximum Gasteiger partial charge on any atom is 0.232 e. The van der Waals surface area contributed by atoms with Crippen molar-refractivity contribution in [3.05, 3.63) is 34.4 Å². The number of aliphatic hydroxyl groups is 1. The van der Waals surface area contributed by atoms with Crippen molar-refractivity contribution in [2.75, 3.05) is 25.1 Å². The van der Waals surface area contributed by atoms with Crippen molar-refractivity contribution in [2.45, 2.75) is 64.9 Å². The third kappa shape index (κ3) is 5.87. The Morgan fingerprint density at radius 2 is 1.90 bits per heavy atom. The smallest absolute Gasteiger partial charge is 0.232 e. The third-order valence-corrected chi connectivity index (χ3v) is 6.21. The Bertz CT molecular complexity index is 796. The number of carbonyl (C=O) groups excluding carboxylic acids is 2. The van der Waals surface area contributed by atoms with Crippen LogP contribution in [0, 0.1) is 25.7 Å². The Hall–Kier alpha value is -1.77. The highest BCUT2D eigenvalue weighted by molar-refractivity contribution is 7.99. The van der Waals surface area contributed by atoms with Crippen molar-refractivity contribution in [1.82, 2.24) is 4.90 Å². The molecule has 2 rings (SSSR count). The van der Waals surface area contributed by atoms with Crippen LogP contribution in [0.4, 0.5) is 0 Å². The van der Waals surface area contributed by atoms with Gasteiger partial charge in [-0.25, -0.2) is 0 Å². The molecule has 4 nitrogen and oxygen atoms in total. The summed E-state index contributed by atoms with van der Waals surface area (Å²) in [5.41, 5.74) is 2.69. The molecule has 1 aromatic carbocycles. The molecule has 0 radical (unpaired) electrons. The van der Waals surface area contributed by atoms with Gasteiger partial charge < -0.3 is 10.0 Å². The molecule has 1 N–H and O–H groups in total. The molecule has 1 aromatic rings. The number of ketones is 1. The standard InChI is InChI=1S/C24H33NO3S/c1-6-9-19-14-17(2)22(18(3)15-19)23-20(26)10-7-12-25(21(27)16-29-5)13-8-11-24(23,4)28/h14-15,23,28H,7-8,10-13,16H2,1-5H3. The molecular weight excluding hydrogens is 382 g/mol. The van der Waals surface area contributed by atoms with Crippen molar-refractivity contribution in [3.8, 4) is 11.8 Å². The van der Waals surface area contributed by atoms with E-state index in [4.69, 9.17) is 0 Å². The number of rotatable bonds is 3. The quantitative estimate of drug-likeness (QED) is 0.762. The van der Waals surface area contributed by atoms with Gasteiger partial charge >= 0.3 is 0 Å². The first kappa shape index (κ1) is 23.5. The van der Waals surface area contributed by atoms with Crippen LogP contribution in [-0.4, -0.2) is 52.4 Å². The lowest BCUT2D eigenvalue weighted by molar-refractivity contribution is -0.132. The van der Waals surface area contributed by atoms with Crippen molar-refractivity contribution in [3.63, 3.8) is 0 Å². The van der Waals surface area contributed by atoms with E-state index in [-0.39, 0.29) is 11.7 Å². The zero-order chi connectivity index (χ0) is 21.6. The average molecular weight is 416 g/mol. The maximum atomic E-state index is 13.3. The predicted molar refractivity (Wildman–Crippen MR) is 120 cm³/mol. The van der Waals surface area contributed by atoms with Crippen LogP contribution in [0.25, 0.3) is 0 Å². The molecule has 0 spiro atoms. The number of hydrogen-bond acceptors (Lipinski definition) is 4. The van der Waals surface area contributed by atoms with Crippen LogP contribution in [0.2, 0.25) is 0 Å². The summed E-state index contributed by atoms with van der Waals surface area (Å²) in [5.74, 6) is 6.06. The first-order valence-electron chi connectivity index (χ1n) is 10.3. The second kappa shape index (κ2) is 10.3. The highest BCUT2D eigenvalue weighted by Gasteiger charge is 2.40. The van der Waals surface area contributed by atoms with E-state index >= 15 is 0 Å². The van der Waals surface area contributed by atoms with Gasteiger partial charge in [0.25, 0.3) is 0 Å². The third-order valence-electron chi connectivity index (χ3n) is 5.68. The topological polar surface area (TPSA) is 57.6 Å². The first-order valence-corrected chi connectivity index (χ1v) is 11.7. The molecule has 0 bridgehead atoms. The van der Waals surface area contributed by atoms with Gasteiger partial charge in [0.2, 0.25) is 5.91 Å². The minimum atomic E-state index is -1.16. The Morgan fingerprint density at radius 1 is 1.28 bits per heavy atom. The van der Waals surface area contributed by atoms with E-state index in [2.05, 4.69) is 11.8 Å². The van der Waals surface area contributed by atoms with Gasteiger partial charge in [-0.3, -0.25) is 9.59 Å². The number of hydrogen-bond donors (Lipinski definition) is 1. The van der Waals surface area contributed by atoms with Gasteiger partial charge in [-0.1, -0.05) is 5.92 Å². The monoisotopic (exact) mass is 415 g/mol. The van der Waals surface area contributed by atoms with E-state index in [0.29, 0.717) is 44.5 Å². The van der Waals surface area contributed by atoms with Crippen LogP contribution in [0.15, 0.2) is 12.1 Å². The molecule has 0 aliphatic carbocycles. The summed E-state index contributed by atoms with van der Waals surface area (Å²) in [5, 5.41) is 11.4. The van der Waals surface area contributed by atoms with Crippen molar-refractivity contribution in [1.29, 1.82) is 0 Å². The van der Waals surface area contributed by atoms with Crippen LogP contribution < -0.4 is 0 Å². The van der Waals surface area contributed by atoms with Crippen molar-refractivity contribution in [2.24, 2.45) is 0 Å². The molecule has 158 valence electrons. The van der Waals surface area contributed by atoms with Crippen LogP contribution in [0.3, 0.4) is 0 Å². The van der Waals surface area contributed by atoms with Crippen molar-refractivity contribution >= 4 is 23.5 Å². The first-order chi connectivity index (χ1) is 13.7. The SMILES string of the molecule is CC#Cc1cc(C)c(C2C(=O)CCCN(C(=O)CSC)CCCC2(C)O)c(C)c1. The number of benzene rings is 1. The molecule has 1 heterocycles. The summed E-state index contributed by atoms with van der Waals surface area (Å²) in [7, 11) is 0. The average Bonchev–Trinajstić information content (AvgIpc) is 2.63. The normalized spacial score (nSPS) is 23.3. The van der Waals surface area contributed by atoms with Crippen LogP contribution >= 0.6 is 11.8 Å². The summed E-state index contributed by atoms with van der Waals surface area (Å²) in [6.07, 6.45) is 4.05. The van der Waals surface area contributed by atoms with Gasteiger partial charge in [0, 0.05) is 25.1 Å². The van der Waals surface area contributed by atoms with Gasteiger partial charge in [0.15, 0.2) is 0 Å². The predicted octanol–water partition coefficient (Wildman–Crippen LogP) is 3.84. The van der Waals surface area contributed by atoms with E-state index < -0.39 is 11.5 Å². The molecule has 2 unspecified atom stereocenters. The zero-order valence-corrected chi connectivity index (χ0v) is 19.1. The van der Waals surface area contributed by atoms with E-state index in [0.717, 1.165) is 22.3 Å². The molecule has 0 aromatic heterocycles. The fraction of sp³-hybridized carbons (Fsp3) is 0.583. The number of amides is 1. The zero-order valence-electron chi connectivity index (χ0n) is 18.3. The number of aryl methyl sites for hydroxylation is 2. The lowest BCUT2D eigenvalue weighted by Crippen LogP contribution is -2.42. The Morgan fingerprint density at radius 3 is 2.48 bits per heavy atom. The van der Waals surface area contributed by atoms with Crippen LogP contribution in [-0.2, 0) is 9.59 Å². The van der Waals surface area contributed by atoms with E-state index in [1.165, 1.54) is 11.8 Å². The van der Waals surface area contributed by atoms with Gasteiger partial charge in [0.05, 0.1) is 17.3 Å². The van der Waals surface area contributed by atoms with Crippen molar-refractivity contribution < 1.29 is 14.7 Å². The van der Waals surface area contributed by atoms with Gasteiger partial charge in [-0.05, 0) is 82.0 Å². The fourth-order valence-electron chi connectivity index (χ4n) is 4.40. The van der Waals surface area contributed by atoms with E-state index in [9.17, 15) is 14.7 Å². The number of carbonyl (C=O) groups is 2. The Labute approximate surface area is 179 Å². The summed E-state index contributed by atoms with van der Waals surface area (Å²) >= 11 is 1.51. The molecular formula is C24H33NO3S. The lowest BCUT2D eigenvalue weighted by atomic mass is 9.73. The summed E-state index contributed by atoms with van der Waals surface area (Å²) in [6, 6.07) is 4.01. The second-order valence-corrected chi connectivity index (χ2v) is 9.04. The molecule has 29 heavy (non-hydrogen) atoms. The number of Topliss-reactive ketones (excluding diaryl/α,β-unsaturated/α-hetero) is 1. The summed E-state index contributed by atoms with van der Waals surface area (Å²) < 4.78 is 0. The van der Waals surface area contributed by atoms with E-state index in [1.807, 2.05) is 37.1 Å². The summed E-state index contributed by atoms with van der Waals surface area (Å²) in [4.78, 5) is 27.4. The van der Waals surface area contributed by atoms with E-state index in [1.54, 1.807) is 13.8 Å². The number of thioether (sulfide) groups is 1. The Kier molecular flexibility index (Phi) is 8.36. The minimum absolute atomic E-state index is 0.0506. The van der Waals surface area contributed by atoms with Gasteiger partial charge in [0.1, 0.15) is 5.78 Å². The fourth-order valence-corrected chi connectivity index (χ4v) is 4.83. The molecule has 1 amide bonds. The lowest BCUT2D eigenvalue weighted by Gasteiger charge is -2.36. The second-order valence-electron chi connectivity index (χ2n) is 8.18. The van der Waals surface area contributed by atoms with Gasteiger partial charge in [-0.2, -0.15) is 11.8 Å². The maximum absolute atomic E-state index is 13.3. The van der Waals surface area contributed by atoms with Crippen LogP contribution in [0.1, 0.15) is 67.7 Å². The molecule has 1 saturated heterocycles. The largest absolute Gasteiger partial charge is 0.389 e. The highest BCUT2D eigenvalue weighted by atomic mass is 32.2. The Balaban J connectivity index is 2.35. The minimum Gasteiger partial charge on any atom is -0.389 e. The molecule has 1 fully saturated rings. The molecule has 2 atom stereocenters.